The van der Waals surface area contributed by atoms with Gasteiger partial charge in [-0.2, -0.15) is 0 Å². The lowest BCUT2D eigenvalue weighted by Gasteiger charge is -2.24. The first-order chi connectivity index (χ1) is 8.76. The second-order valence-corrected chi connectivity index (χ2v) is 4.04. The molecule has 0 unspecified atom stereocenters. The molecule has 1 aromatic carbocycles. The minimum Gasteiger partial charge on any atom is -0.467 e. The molecule has 0 bridgehead atoms. The summed E-state index contributed by atoms with van der Waals surface area (Å²) in [6.07, 6.45) is 1.64. The molecule has 0 spiro atoms. The molecule has 0 radical (unpaired) electrons. The van der Waals surface area contributed by atoms with Crippen molar-refractivity contribution in [2.45, 2.75) is 20.0 Å². The van der Waals surface area contributed by atoms with E-state index in [4.69, 9.17) is 10.2 Å². The molecular weight excluding hydrogens is 231 g/mol. The Morgan fingerprint density at radius 2 is 2.11 bits per heavy atom. The van der Waals surface area contributed by atoms with Crippen molar-refractivity contribution in [3.05, 3.63) is 53.7 Å². The highest BCUT2D eigenvalue weighted by Crippen LogP contribution is 2.24. The van der Waals surface area contributed by atoms with Crippen LogP contribution in [-0.2, 0) is 13.1 Å². The maximum atomic E-state index is 13.7. The third kappa shape index (κ3) is 2.54. The molecule has 1 aromatic heterocycles. The van der Waals surface area contributed by atoms with Gasteiger partial charge in [-0.3, -0.25) is 0 Å². The van der Waals surface area contributed by atoms with Crippen LogP contribution in [0.1, 0.15) is 18.2 Å². The topological polar surface area (TPSA) is 42.4 Å². The smallest absolute Gasteiger partial charge is 0.129 e. The molecule has 0 saturated carbocycles. The number of nitrogens with two attached hydrogens (primary N) is 1. The molecule has 3 nitrogen and oxygen atoms in total. The molecule has 0 aliphatic rings. The van der Waals surface area contributed by atoms with E-state index in [0.29, 0.717) is 12.1 Å². The number of hydrogen-bond donors (Lipinski definition) is 1. The Labute approximate surface area is 106 Å². The van der Waals surface area contributed by atoms with Crippen molar-refractivity contribution in [1.29, 1.82) is 0 Å². The Morgan fingerprint density at radius 3 is 2.72 bits per heavy atom. The maximum absolute atomic E-state index is 13.7. The summed E-state index contributed by atoms with van der Waals surface area (Å²) in [5, 5.41) is 0. The molecule has 0 aliphatic heterocycles. The van der Waals surface area contributed by atoms with Crippen LogP contribution in [0, 0.1) is 5.82 Å². The normalized spacial score (nSPS) is 10.6. The van der Waals surface area contributed by atoms with Crippen LogP contribution in [-0.4, -0.2) is 6.54 Å². The number of nitrogens with zero attached hydrogens (tertiary/aromatic N) is 1. The van der Waals surface area contributed by atoms with Crippen LogP contribution in [0.5, 0.6) is 0 Å². The summed E-state index contributed by atoms with van der Waals surface area (Å²) in [7, 11) is 0. The van der Waals surface area contributed by atoms with E-state index in [1.54, 1.807) is 12.3 Å². The summed E-state index contributed by atoms with van der Waals surface area (Å²) in [6.45, 7) is 3.59. The van der Waals surface area contributed by atoms with Gasteiger partial charge >= 0.3 is 0 Å². The van der Waals surface area contributed by atoms with Crippen LogP contribution in [0.4, 0.5) is 10.1 Å². The quantitative estimate of drug-likeness (QED) is 0.884. The van der Waals surface area contributed by atoms with Gasteiger partial charge < -0.3 is 15.1 Å². The van der Waals surface area contributed by atoms with Gasteiger partial charge in [-0.05, 0) is 31.2 Å². The largest absolute Gasteiger partial charge is 0.467 e. The average Bonchev–Trinajstić information content (AvgIpc) is 2.88. The zero-order valence-corrected chi connectivity index (χ0v) is 10.4. The van der Waals surface area contributed by atoms with Gasteiger partial charge in [0.15, 0.2) is 0 Å². The van der Waals surface area contributed by atoms with Crippen molar-refractivity contribution in [3.63, 3.8) is 0 Å². The summed E-state index contributed by atoms with van der Waals surface area (Å²) < 4.78 is 19.0. The zero-order valence-electron chi connectivity index (χ0n) is 10.4. The molecule has 0 saturated heterocycles. The molecule has 2 rings (SSSR count). The van der Waals surface area contributed by atoms with E-state index in [9.17, 15) is 4.39 Å². The highest BCUT2D eigenvalue weighted by atomic mass is 19.1. The monoisotopic (exact) mass is 248 g/mol. The van der Waals surface area contributed by atoms with E-state index in [1.807, 2.05) is 30.0 Å². The van der Waals surface area contributed by atoms with Crippen LogP contribution in [0.15, 0.2) is 41.0 Å². The Balaban J connectivity index is 2.30. The number of rotatable bonds is 5. The van der Waals surface area contributed by atoms with Crippen LogP contribution in [0.3, 0.4) is 0 Å². The van der Waals surface area contributed by atoms with Crippen molar-refractivity contribution in [2.75, 3.05) is 11.4 Å². The van der Waals surface area contributed by atoms with Crippen LogP contribution in [0.25, 0.3) is 0 Å². The molecule has 0 fully saturated rings. The predicted molar refractivity (Wildman–Crippen MR) is 69.7 cm³/mol. The van der Waals surface area contributed by atoms with Gasteiger partial charge in [-0.1, -0.05) is 6.07 Å². The Kier molecular flexibility index (Phi) is 3.99. The van der Waals surface area contributed by atoms with Crippen LogP contribution >= 0.6 is 0 Å². The number of anilines is 1. The van der Waals surface area contributed by atoms with Gasteiger partial charge in [-0.15, -0.1) is 0 Å². The maximum Gasteiger partial charge on any atom is 0.129 e. The average molecular weight is 248 g/mol. The van der Waals surface area contributed by atoms with E-state index < -0.39 is 0 Å². The lowest BCUT2D eigenvalue weighted by Crippen LogP contribution is -2.24. The van der Waals surface area contributed by atoms with Crippen molar-refractivity contribution in [1.82, 2.24) is 0 Å². The lowest BCUT2D eigenvalue weighted by molar-refractivity contribution is 0.503. The second-order valence-electron chi connectivity index (χ2n) is 4.04. The fourth-order valence-electron chi connectivity index (χ4n) is 2.00. The summed E-state index contributed by atoms with van der Waals surface area (Å²) in [6, 6.07) is 8.78. The Hall–Kier alpha value is -1.81. The number of halogens is 1. The number of hydrogen-bond acceptors (Lipinski definition) is 3. The minimum absolute atomic E-state index is 0.191. The van der Waals surface area contributed by atoms with Crippen LogP contribution in [0.2, 0.25) is 0 Å². The second kappa shape index (κ2) is 5.69. The van der Waals surface area contributed by atoms with Gasteiger partial charge in [0, 0.05) is 24.3 Å². The van der Waals surface area contributed by atoms with E-state index in [2.05, 4.69) is 0 Å². The van der Waals surface area contributed by atoms with E-state index >= 15 is 0 Å². The van der Waals surface area contributed by atoms with Crippen LogP contribution < -0.4 is 10.6 Å². The fourth-order valence-corrected chi connectivity index (χ4v) is 2.00. The molecule has 96 valence electrons. The molecule has 4 heteroatoms. The van der Waals surface area contributed by atoms with E-state index in [1.165, 1.54) is 6.07 Å². The molecule has 2 N–H and O–H groups in total. The summed E-state index contributed by atoms with van der Waals surface area (Å²) in [4.78, 5) is 2.05. The molecule has 1 heterocycles. The Bertz CT molecular complexity index is 497. The minimum atomic E-state index is -0.257. The van der Waals surface area contributed by atoms with Crippen molar-refractivity contribution < 1.29 is 8.81 Å². The van der Waals surface area contributed by atoms with Gasteiger partial charge in [0.05, 0.1) is 12.8 Å². The third-order valence-corrected chi connectivity index (χ3v) is 2.95. The highest BCUT2D eigenvalue weighted by Gasteiger charge is 2.13. The lowest BCUT2D eigenvalue weighted by atomic mass is 10.1. The van der Waals surface area contributed by atoms with Crippen molar-refractivity contribution in [2.24, 2.45) is 5.73 Å². The van der Waals surface area contributed by atoms with Crippen molar-refractivity contribution in [3.8, 4) is 0 Å². The van der Waals surface area contributed by atoms with Gasteiger partial charge in [0.25, 0.3) is 0 Å². The van der Waals surface area contributed by atoms with Gasteiger partial charge in [0.1, 0.15) is 11.6 Å². The molecule has 0 amide bonds. The number of furan rings is 1. The third-order valence-electron chi connectivity index (χ3n) is 2.95. The van der Waals surface area contributed by atoms with E-state index in [0.717, 1.165) is 18.0 Å². The SMILES string of the molecule is CCN(Cc1ccco1)c1cccc(F)c1CN. The predicted octanol–water partition coefficient (Wildman–Crippen LogP) is 2.90. The first-order valence-corrected chi connectivity index (χ1v) is 6.01. The van der Waals surface area contributed by atoms with E-state index in [-0.39, 0.29) is 12.4 Å². The molecule has 0 atom stereocenters. The molecule has 18 heavy (non-hydrogen) atoms. The number of benzene rings is 1. The fraction of sp³-hybridized carbons (Fsp3) is 0.286. The highest BCUT2D eigenvalue weighted by molar-refractivity contribution is 5.54. The Morgan fingerprint density at radius 1 is 1.28 bits per heavy atom. The van der Waals surface area contributed by atoms with Gasteiger partial charge in [0.2, 0.25) is 0 Å². The first-order valence-electron chi connectivity index (χ1n) is 6.01. The molecular formula is C14H17FN2O. The summed E-state index contributed by atoms with van der Waals surface area (Å²) >= 11 is 0. The molecule has 0 aliphatic carbocycles. The standard InChI is InChI=1S/C14H17FN2O/c1-2-17(10-11-5-4-8-18-11)14-7-3-6-13(15)12(14)9-16/h3-8H,2,9-10,16H2,1H3. The van der Waals surface area contributed by atoms with Crippen molar-refractivity contribution >= 4 is 5.69 Å². The summed E-state index contributed by atoms with van der Waals surface area (Å²) in [5.41, 5.74) is 7.00. The first kappa shape index (κ1) is 12.6. The zero-order chi connectivity index (χ0) is 13.0. The van der Waals surface area contributed by atoms with Gasteiger partial charge in [-0.25, -0.2) is 4.39 Å². The summed E-state index contributed by atoms with van der Waals surface area (Å²) in [5.74, 6) is 0.594. The molecule has 2 aromatic rings.